The zero-order chi connectivity index (χ0) is 26.7. The first-order valence-corrected chi connectivity index (χ1v) is 14.6. The SMILES string of the molecule is CCc1cnc(OC2CCC(N(C(=O)C3CCC(C)CC3)c3cc(C(C)(C)C)sc3C(=O)O)CC2)nc1. The fraction of sp³-hybridized carbons (Fsp3) is 0.655. The van der Waals surface area contributed by atoms with Crippen molar-refractivity contribution in [3.05, 3.63) is 33.8 Å². The van der Waals surface area contributed by atoms with E-state index in [1.54, 1.807) is 12.4 Å². The lowest BCUT2D eigenvalue weighted by Gasteiger charge is -2.39. The van der Waals surface area contributed by atoms with Crippen molar-refractivity contribution in [1.29, 1.82) is 0 Å². The molecule has 0 unspecified atom stereocenters. The maximum absolute atomic E-state index is 14.1. The van der Waals surface area contributed by atoms with Crippen LogP contribution >= 0.6 is 11.3 Å². The molecular weight excluding hydrogens is 486 g/mol. The number of carbonyl (C=O) groups excluding carboxylic acids is 1. The Morgan fingerprint density at radius 2 is 1.68 bits per heavy atom. The molecule has 37 heavy (non-hydrogen) atoms. The van der Waals surface area contributed by atoms with Gasteiger partial charge in [0.2, 0.25) is 5.91 Å². The largest absolute Gasteiger partial charge is 0.477 e. The summed E-state index contributed by atoms with van der Waals surface area (Å²) in [6.45, 7) is 10.6. The van der Waals surface area contributed by atoms with E-state index in [9.17, 15) is 14.7 Å². The molecule has 2 fully saturated rings. The molecule has 2 saturated carbocycles. The third-order valence-corrected chi connectivity index (χ3v) is 9.42. The first-order chi connectivity index (χ1) is 17.6. The van der Waals surface area contributed by atoms with Crippen LogP contribution in [0.25, 0.3) is 0 Å². The van der Waals surface area contributed by atoms with Crippen molar-refractivity contribution >= 4 is 28.9 Å². The second-order valence-electron chi connectivity index (χ2n) is 11.8. The molecular formula is C29H41N3O4S. The highest BCUT2D eigenvalue weighted by atomic mass is 32.1. The van der Waals surface area contributed by atoms with E-state index in [2.05, 4.69) is 44.6 Å². The van der Waals surface area contributed by atoms with Gasteiger partial charge in [0, 0.05) is 29.2 Å². The lowest BCUT2D eigenvalue weighted by atomic mass is 9.81. The minimum absolute atomic E-state index is 0.0113. The van der Waals surface area contributed by atoms with Gasteiger partial charge >= 0.3 is 12.0 Å². The van der Waals surface area contributed by atoms with E-state index in [4.69, 9.17) is 4.74 Å². The van der Waals surface area contributed by atoms with Crippen LogP contribution in [0.4, 0.5) is 5.69 Å². The molecule has 0 aliphatic heterocycles. The summed E-state index contributed by atoms with van der Waals surface area (Å²) in [4.78, 5) is 38.2. The number of ether oxygens (including phenoxy) is 1. The Kier molecular flexibility index (Phi) is 8.56. The van der Waals surface area contributed by atoms with Gasteiger partial charge in [-0.1, -0.05) is 34.6 Å². The van der Waals surface area contributed by atoms with Crippen LogP contribution in [0.1, 0.15) is 106 Å². The molecule has 1 amide bonds. The summed E-state index contributed by atoms with van der Waals surface area (Å²) in [5, 5.41) is 10.1. The molecule has 7 nitrogen and oxygen atoms in total. The van der Waals surface area contributed by atoms with E-state index in [-0.39, 0.29) is 34.3 Å². The van der Waals surface area contributed by atoms with Crippen molar-refractivity contribution in [3.63, 3.8) is 0 Å². The molecule has 2 aliphatic rings. The second kappa shape index (κ2) is 11.5. The Morgan fingerprint density at radius 3 is 2.22 bits per heavy atom. The molecule has 0 spiro atoms. The van der Waals surface area contributed by atoms with Gasteiger partial charge in [-0.15, -0.1) is 11.3 Å². The quantitative estimate of drug-likeness (QED) is 0.434. The Balaban J connectivity index is 1.57. The number of carboxylic acids is 1. The van der Waals surface area contributed by atoms with Crippen LogP contribution < -0.4 is 9.64 Å². The molecule has 8 heteroatoms. The fourth-order valence-electron chi connectivity index (χ4n) is 5.44. The van der Waals surface area contributed by atoms with E-state index in [0.717, 1.165) is 68.2 Å². The molecule has 1 N–H and O–H groups in total. The van der Waals surface area contributed by atoms with E-state index in [0.29, 0.717) is 17.6 Å². The molecule has 0 aromatic carbocycles. The van der Waals surface area contributed by atoms with Crippen LogP contribution in [0, 0.1) is 11.8 Å². The maximum Gasteiger partial charge on any atom is 0.348 e. The van der Waals surface area contributed by atoms with Crippen LogP contribution in [0.5, 0.6) is 6.01 Å². The third kappa shape index (κ3) is 6.51. The topological polar surface area (TPSA) is 92.6 Å². The van der Waals surface area contributed by atoms with Gasteiger partial charge in [-0.3, -0.25) is 4.79 Å². The molecule has 0 bridgehead atoms. The number of thiophene rings is 1. The number of carboxylic acid groups (broad SMARTS) is 1. The summed E-state index contributed by atoms with van der Waals surface area (Å²) in [6.07, 6.45) is 11.4. The van der Waals surface area contributed by atoms with E-state index < -0.39 is 5.97 Å². The minimum Gasteiger partial charge on any atom is -0.477 e. The number of aromatic carboxylic acids is 1. The summed E-state index contributed by atoms with van der Waals surface area (Å²) in [6, 6.07) is 2.31. The average molecular weight is 528 g/mol. The van der Waals surface area contributed by atoms with Gasteiger partial charge in [0.15, 0.2) is 0 Å². The van der Waals surface area contributed by atoms with Crippen LogP contribution in [-0.4, -0.2) is 39.1 Å². The standard InChI is InChI=1S/C29H41N3O4S/c1-6-19-16-30-28(31-17-19)36-22-13-11-21(12-14-22)32(26(33)20-9-7-18(2)8-10-20)23-15-24(29(3,4)5)37-25(23)27(34)35/h15-18,20-22H,6-14H2,1-5H3,(H,34,35). The highest BCUT2D eigenvalue weighted by Crippen LogP contribution is 2.42. The number of nitrogens with zero attached hydrogens (tertiary/aromatic N) is 3. The first-order valence-electron chi connectivity index (χ1n) is 13.7. The summed E-state index contributed by atoms with van der Waals surface area (Å²) in [7, 11) is 0. The Bertz CT molecular complexity index is 1080. The number of hydrogen-bond acceptors (Lipinski definition) is 6. The zero-order valence-corrected chi connectivity index (χ0v) is 23.6. The zero-order valence-electron chi connectivity index (χ0n) is 22.8. The van der Waals surface area contributed by atoms with Crippen molar-refractivity contribution in [3.8, 4) is 6.01 Å². The number of anilines is 1. The molecule has 0 atom stereocenters. The molecule has 2 aromatic heterocycles. The first kappa shape index (κ1) is 27.6. The van der Waals surface area contributed by atoms with Crippen LogP contribution in [0.2, 0.25) is 0 Å². The highest BCUT2D eigenvalue weighted by Gasteiger charge is 2.38. The number of carbonyl (C=O) groups is 2. The maximum atomic E-state index is 14.1. The number of aromatic nitrogens is 2. The Morgan fingerprint density at radius 1 is 1.05 bits per heavy atom. The van der Waals surface area contributed by atoms with Crippen LogP contribution in [0.3, 0.4) is 0 Å². The van der Waals surface area contributed by atoms with Gasteiger partial charge in [-0.05, 0) is 80.8 Å². The molecule has 2 aromatic rings. The Labute approximate surface area is 224 Å². The van der Waals surface area contributed by atoms with Gasteiger partial charge in [0.05, 0.1) is 5.69 Å². The second-order valence-corrected chi connectivity index (χ2v) is 12.9. The van der Waals surface area contributed by atoms with Gasteiger partial charge < -0.3 is 14.7 Å². The molecule has 202 valence electrons. The van der Waals surface area contributed by atoms with Crippen LogP contribution in [-0.2, 0) is 16.6 Å². The number of hydrogen-bond donors (Lipinski definition) is 1. The summed E-state index contributed by atoms with van der Waals surface area (Å²) in [5.41, 5.74) is 1.46. The smallest absolute Gasteiger partial charge is 0.348 e. The van der Waals surface area contributed by atoms with Crippen molar-refractivity contribution in [2.45, 2.75) is 110 Å². The van der Waals surface area contributed by atoms with Gasteiger partial charge in [-0.2, -0.15) is 0 Å². The number of rotatable bonds is 7. The lowest BCUT2D eigenvalue weighted by Crippen LogP contribution is -2.47. The van der Waals surface area contributed by atoms with E-state index in [1.165, 1.54) is 11.3 Å². The predicted octanol–water partition coefficient (Wildman–Crippen LogP) is 6.65. The van der Waals surface area contributed by atoms with Crippen molar-refractivity contribution in [2.75, 3.05) is 4.90 Å². The van der Waals surface area contributed by atoms with Gasteiger partial charge in [-0.25, -0.2) is 14.8 Å². The van der Waals surface area contributed by atoms with Crippen molar-refractivity contribution < 1.29 is 19.4 Å². The average Bonchev–Trinajstić information content (AvgIpc) is 3.32. The molecule has 0 saturated heterocycles. The summed E-state index contributed by atoms with van der Waals surface area (Å²) in [5.74, 6) is -0.275. The summed E-state index contributed by atoms with van der Waals surface area (Å²) < 4.78 is 6.07. The van der Waals surface area contributed by atoms with Gasteiger partial charge in [0.25, 0.3) is 0 Å². The monoisotopic (exact) mass is 527 g/mol. The Hall–Kier alpha value is -2.48. The molecule has 4 rings (SSSR count). The predicted molar refractivity (Wildman–Crippen MR) is 147 cm³/mol. The molecule has 2 heterocycles. The fourth-order valence-corrected chi connectivity index (χ4v) is 6.48. The lowest BCUT2D eigenvalue weighted by molar-refractivity contribution is -0.124. The minimum atomic E-state index is -0.963. The van der Waals surface area contributed by atoms with E-state index >= 15 is 0 Å². The van der Waals surface area contributed by atoms with Gasteiger partial charge in [0.1, 0.15) is 11.0 Å². The normalized spacial score (nSPS) is 24.5. The summed E-state index contributed by atoms with van der Waals surface area (Å²) >= 11 is 1.30. The number of amides is 1. The number of aryl methyl sites for hydroxylation is 1. The molecule has 0 radical (unpaired) electrons. The highest BCUT2D eigenvalue weighted by molar-refractivity contribution is 7.14. The van der Waals surface area contributed by atoms with E-state index in [1.807, 2.05) is 11.0 Å². The molecule has 2 aliphatic carbocycles. The van der Waals surface area contributed by atoms with Crippen molar-refractivity contribution in [1.82, 2.24) is 9.97 Å². The van der Waals surface area contributed by atoms with Crippen molar-refractivity contribution in [2.24, 2.45) is 11.8 Å². The van der Waals surface area contributed by atoms with Crippen LogP contribution in [0.15, 0.2) is 18.5 Å². The third-order valence-electron chi connectivity index (χ3n) is 7.88.